The van der Waals surface area contributed by atoms with E-state index in [1.54, 1.807) is 23.1 Å². The van der Waals surface area contributed by atoms with Crippen LogP contribution in [0.1, 0.15) is 42.7 Å². The Morgan fingerprint density at radius 3 is 2.45 bits per heavy atom. The quantitative estimate of drug-likeness (QED) is 0.468. The van der Waals surface area contributed by atoms with E-state index in [1.165, 1.54) is 12.4 Å². The molecule has 9 nitrogen and oxygen atoms in total. The van der Waals surface area contributed by atoms with Crippen LogP contribution in [0.25, 0.3) is 5.69 Å². The number of hydrogen-bond acceptors (Lipinski definition) is 6. The molecular weight excluding hydrogens is 372 g/mol. The minimum atomic E-state index is -0.491. The first-order valence-corrected chi connectivity index (χ1v) is 9.16. The van der Waals surface area contributed by atoms with Crippen LogP contribution in [-0.4, -0.2) is 31.6 Å². The second-order valence-electron chi connectivity index (χ2n) is 6.91. The Balaban J connectivity index is 1.79. The Labute approximate surface area is 167 Å². The summed E-state index contributed by atoms with van der Waals surface area (Å²) in [5.41, 5.74) is 2.27. The average Bonchev–Trinajstić information content (AvgIpc) is 3.22. The van der Waals surface area contributed by atoms with Crippen molar-refractivity contribution < 1.29 is 9.72 Å². The molecule has 0 fully saturated rings. The number of aromatic nitrogens is 3. The highest BCUT2D eigenvalue weighted by atomic mass is 16.6. The molecule has 0 radical (unpaired) electrons. The molecule has 1 amide bonds. The van der Waals surface area contributed by atoms with Gasteiger partial charge in [-0.1, -0.05) is 12.1 Å². The van der Waals surface area contributed by atoms with Crippen LogP contribution >= 0.6 is 0 Å². The number of carbonyl (C=O) groups is 1. The summed E-state index contributed by atoms with van der Waals surface area (Å²) in [6.45, 7) is 5.57. The highest BCUT2D eigenvalue weighted by Gasteiger charge is 2.19. The van der Waals surface area contributed by atoms with Crippen molar-refractivity contribution in [1.82, 2.24) is 20.1 Å². The molecule has 0 spiro atoms. The van der Waals surface area contributed by atoms with E-state index in [0.29, 0.717) is 5.69 Å². The zero-order chi connectivity index (χ0) is 21.0. The van der Waals surface area contributed by atoms with Crippen LogP contribution in [0.2, 0.25) is 0 Å². The SMILES string of the molecule is CC(C)NC(=O)c1ccc(NC(C)c2ccc(-n3cncn3)cc2)c([N+](=O)[O-])c1. The molecule has 1 aromatic heterocycles. The lowest BCUT2D eigenvalue weighted by Crippen LogP contribution is -2.30. The van der Waals surface area contributed by atoms with Gasteiger partial charge in [-0.2, -0.15) is 5.10 Å². The van der Waals surface area contributed by atoms with Gasteiger partial charge in [0.05, 0.1) is 10.6 Å². The Morgan fingerprint density at radius 2 is 1.86 bits per heavy atom. The number of nitrogens with zero attached hydrogens (tertiary/aromatic N) is 4. The van der Waals surface area contributed by atoms with Crippen molar-refractivity contribution in [2.75, 3.05) is 5.32 Å². The molecular formula is C20H22N6O3. The molecule has 0 saturated heterocycles. The maximum absolute atomic E-state index is 12.1. The Bertz CT molecular complexity index is 1000. The third kappa shape index (κ3) is 4.75. The fourth-order valence-corrected chi connectivity index (χ4v) is 2.87. The third-order valence-electron chi connectivity index (χ3n) is 4.32. The summed E-state index contributed by atoms with van der Waals surface area (Å²) >= 11 is 0. The maximum Gasteiger partial charge on any atom is 0.293 e. The van der Waals surface area contributed by atoms with E-state index >= 15 is 0 Å². The number of hydrogen-bond donors (Lipinski definition) is 2. The first kappa shape index (κ1) is 20.0. The molecule has 9 heteroatoms. The van der Waals surface area contributed by atoms with E-state index in [2.05, 4.69) is 20.7 Å². The molecule has 0 aliphatic rings. The van der Waals surface area contributed by atoms with Gasteiger partial charge in [-0.25, -0.2) is 9.67 Å². The average molecular weight is 394 g/mol. The van der Waals surface area contributed by atoms with Crippen molar-refractivity contribution in [1.29, 1.82) is 0 Å². The van der Waals surface area contributed by atoms with E-state index in [-0.39, 0.29) is 29.2 Å². The van der Waals surface area contributed by atoms with Gasteiger partial charge in [0.1, 0.15) is 18.3 Å². The lowest BCUT2D eigenvalue weighted by molar-refractivity contribution is -0.384. The highest BCUT2D eigenvalue weighted by Crippen LogP contribution is 2.29. The summed E-state index contributed by atoms with van der Waals surface area (Å²) < 4.78 is 1.65. The number of benzene rings is 2. The number of anilines is 1. The van der Waals surface area contributed by atoms with Gasteiger partial charge in [0, 0.05) is 23.7 Å². The summed E-state index contributed by atoms with van der Waals surface area (Å²) in [6.07, 6.45) is 3.07. The van der Waals surface area contributed by atoms with Gasteiger partial charge >= 0.3 is 0 Å². The molecule has 0 aliphatic heterocycles. The predicted octanol–water partition coefficient (Wildman–Crippen LogP) is 3.49. The maximum atomic E-state index is 12.1. The Morgan fingerprint density at radius 1 is 1.14 bits per heavy atom. The number of carbonyl (C=O) groups excluding carboxylic acids is 1. The van der Waals surface area contributed by atoms with Gasteiger partial charge in [-0.15, -0.1) is 0 Å². The van der Waals surface area contributed by atoms with Crippen LogP contribution in [-0.2, 0) is 0 Å². The van der Waals surface area contributed by atoms with Crippen molar-refractivity contribution in [3.05, 3.63) is 76.4 Å². The van der Waals surface area contributed by atoms with Crippen molar-refractivity contribution >= 4 is 17.3 Å². The van der Waals surface area contributed by atoms with Crippen molar-refractivity contribution in [2.45, 2.75) is 32.9 Å². The molecule has 1 atom stereocenters. The van der Waals surface area contributed by atoms with Crippen LogP contribution in [0.4, 0.5) is 11.4 Å². The smallest absolute Gasteiger partial charge is 0.293 e. The van der Waals surface area contributed by atoms with Gasteiger partial charge in [-0.05, 0) is 50.6 Å². The molecule has 0 aliphatic carbocycles. The number of nitro benzene ring substituents is 1. The molecule has 29 heavy (non-hydrogen) atoms. The molecule has 3 rings (SSSR count). The fraction of sp³-hybridized carbons (Fsp3) is 0.250. The molecule has 3 aromatic rings. The largest absolute Gasteiger partial charge is 0.373 e. The zero-order valence-corrected chi connectivity index (χ0v) is 16.4. The van der Waals surface area contributed by atoms with Crippen LogP contribution in [0.5, 0.6) is 0 Å². The van der Waals surface area contributed by atoms with Crippen LogP contribution in [0, 0.1) is 10.1 Å². The number of nitrogens with one attached hydrogen (secondary N) is 2. The predicted molar refractivity (Wildman–Crippen MR) is 109 cm³/mol. The Hall–Kier alpha value is -3.75. The van der Waals surface area contributed by atoms with Crippen molar-refractivity contribution in [2.24, 2.45) is 0 Å². The molecule has 2 N–H and O–H groups in total. The zero-order valence-electron chi connectivity index (χ0n) is 16.4. The normalized spacial score (nSPS) is 11.9. The van der Waals surface area contributed by atoms with Crippen LogP contribution in [0.3, 0.4) is 0 Å². The van der Waals surface area contributed by atoms with Crippen molar-refractivity contribution in [3.63, 3.8) is 0 Å². The monoisotopic (exact) mass is 394 g/mol. The third-order valence-corrected chi connectivity index (χ3v) is 4.32. The lowest BCUT2D eigenvalue weighted by atomic mass is 10.1. The fourth-order valence-electron chi connectivity index (χ4n) is 2.87. The number of rotatable bonds is 7. The summed E-state index contributed by atoms with van der Waals surface area (Å²) in [5.74, 6) is -0.341. The van der Waals surface area contributed by atoms with Gasteiger partial charge in [0.15, 0.2) is 0 Å². The molecule has 1 heterocycles. The van der Waals surface area contributed by atoms with Gasteiger partial charge in [0.2, 0.25) is 0 Å². The van der Waals surface area contributed by atoms with E-state index in [9.17, 15) is 14.9 Å². The van der Waals surface area contributed by atoms with E-state index in [1.807, 2.05) is 45.0 Å². The molecule has 150 valence electrons. The molecule has 0 bridgehead atoms. The minimum Gasteiger partial charge on any atom is -0.373 e. The first-order valence-electron chi connectivity index (χ1n) is 9.16. The second-order valence-corrected chi connectivity index (χ2v) is 6.91. The minimum absolute atomic E-state index is 0.0557. The topological polar surface area (TPSA) is 115 Å². The Kier molecular flexibility index (Phi) is 5.87. The number of amides is 1. The molecule has 2 aromatic carbocycles. The van der Waals surface area contributed by atoms with Gasteiger partial charge in [-0.3, -0.25) is 14.9 Å². The van der Waals surface area contributed by atoms with E-state index in [4.69, 9.17) is 0 Å². The van der Waals surface area contributed by atoms with Crippen LogP contribution < -0.4 is 10.6 Å². The summed E-state index contributed by atoms with van der Waals surface area (Å²) in [5, 5.41) is 21.5. The summed E-state index contributed by atoms with van der Waals surface area (Å²) in [6, 6.07) is 11.8. The standard InChI is InChI=1S/C20H22N6O3/c1-13(2)23-20(27)16-6-9-18(19(10-16)26(28)29)24-14(3)15-4-7-17(8-5-15)25-12-21-11-22-25/h4-14,24H,1-3H3,(H,23,27). The van der Waals surface area contributed by atoms with Gasteiger partial charge < -0.3 is 10.6 Å². The van der Waals surface area contributed by atoms with Gasteiger partial charge in [0.25, 0.3) is 11.6 Å². The van der Waals surface area contributed by atoms with E-state index < -0.39 is 4.92 Å². The number of nitro groups is 1. The first-order chi connectivity index (χ1) is 13.8. The van der Waals surface area contributed by atoms with Crippen molar-refractivity contribution in [3.8, 4) is 5.69 Å². The second kappa shape index (κ2) is 8.51. The molecule has 1 unspecified atom stereocenters. The molecule has 0 saturated carbocycles. The van der Waals surface area contributed by atoms with E-state index in [0.717, 1.165) is 11.3 Å². The highest BCUT2D eigenvalue weighted by molar-refractivity contribution is 5.95. The summed E-state index contributed by atoms with van der Waals surface area (Å²) in [7, 11) is 0. The van der Waals surface area contributed by atoms with Crippen LogP contribution in [0.15, 0.2) is 55.1 Å². The summed E-state index contributed by atoms with van der Waals surface area (Å²) in [4.78, 5) is 27.1. The lowest BCUT2D eigenvalue weighted by Gasteiger charge is -2.17.